The number of rotatable bonds is 6. The number of aryl methyl sites for hydroxylation is 1. The van der Waals surface area contributed by atoms with Gasteiger partial charge in [-0.1, -0.05) is 41.6 Å². The quantitative estimate of drug-likeness (QED) is 0.384. The largest absolute Gasteiger partial charge is 0.364 e. The van der Waals surface area contributed by atoms with E-state index in [9.17, 15) is 4.79 Å². The van der Waals surface area contributed by atoms with Crippen LogP contribution in [0.1, 0.15) is 19.3 Å². The normalized spacial score (nSPS) is 17.0. The van der Waals surface area contributed by atoms with Crippen LogP contribution >= 0.6 is 0 Å². The van der Waals surface area contributed by atoms with E-state index >= 15 is 0 Å². The van der Waals surface area contributed by atoms with Gasteiger partial charge in [-0.25, -0.2) is 9.36 Å². The van der Waals surface area contributed by atoms with Crippen LogP contribution in [0, 0.1) is 0 Å². The minimum absolute atomic E-state index is 0.0246. The summed E-state index contributed by atoms with van der Waals surface area (Å²) >= 11 is 0. The van der Waals surface area contributed by atoms with Crippen LogP contribution in [0.5, 0.6) is 0 Å². The molecule has 0 aliphatic carbocycles. The predicted molar refractivity (Wildman–Crippen MR) is 102 cm³/mol. The van der Waals surface area contributed by atoms with Crippen LogP contribution < -0.4 is 10.1 Å². The van der Waals surface area contributed by atoms with Crippen LogP contribution in [-0.4, -0.2) is 23.5 Å². The molecule has 27 heavy (non-hydrogen) atoms. The molecule has 0 radical (unpaired) electrons. The average Bonchev–Trinajstić information content (AvgIpc) is 3.24. The SMILES string of the molecule is O=c1c(-c2ccccc2)c[n+](CC/C=N\OC2CCCO2)c2ccccn12. The third-order valence-corrected chi connectivity index (χ3v) is 4.59. The van der Waals surface area contributed by atoms with Gasteiger partial charge in [0.15, 0.2) is 0 Å². The summed E-state index contributed by atoms with van der Waals surface area (Å²) in [6.45, 7) is 1.43. The molecule has 3 aromatic rings. The van der Waals surface area contributed by atoms with Crippen LogP contribution in [0.3, 0.4) is 0 Å². The third kappa shape index (κ3) is 3.90. The van der Waals surface area contributed by atoms with Gasteiger partial charge >= 0.3 is 5.56 Å². The predicted octanol–water partition coefficient (Wildman–Crippen LogP) is 2.78. The number of ether oxygens (including phenoxy) is 1. The van der Waals surface area contributed by atoms with Crippen molar-refractivity contribution in [3.63, 3.8) is 0 Å². The van der Waals surface area contributed by atoms with Gasteiger partial charge < -0.3 is 9.57 Å². The molecule has 1 fully saturated rings. The highest BCUT2D eigenvalue weighted by Crippen LogP contribution is 2.14. The molecule has 0 saturated carbocycles. The van der Waals surface area contributed by atoms with Crippen LogP contribution in [0.2, 0.25) is 0 Å². The van der Waals surface area contributed by atoms with Gasteiger partial charge in [0.2, 0.25) is 6.29 Å². The van der Waals surface area contributed by atoms with Crippen molar-refractivity contribution < 1.29 is 14.1 Å². The van der Waals surface area contributed by atoms with Gasteiger partial charge in [-0.05, 0) is 18.1 Å². The van der Waals surface area contributed by atoms with Crippen LogP contribution in [0.4, 0.5) is 0 Å². The molecule has 0 amide bonds. The maximum atomic E-state index is 12.9. The Labute approximate surface area is 157 Å². The summed E-state index contributed by atoms with van der Waals surface area (Å²) in [6, 6.07) is 15.5. The van der Waals surface area contributed by atoms with E-state index in [-0.39, 0.29) is 11.8 Å². The molecule has 1 aliphatic heterocycles. The first-order valence-electron chi connectivity index (χ1n) is 9.21. The number of hydrogen-bond acceptors (Lipinski definition) is 4. The second-order valence-corrected chi connectivity index (χ2v) is 6.46. The van der Waals surface area contributed by atoms with Gasteiger partial charge in [0.25, 0.3) is 5.65 Å². The summed E-state index contributed by atoms with van der Waals surface area (Å²) in [5.74, 6) is 0. The third-order valence-electron chi connectivity index (χ3n) is 4.59. The Bertz CT molecular complexity index is 992. The highest BCUT2D eigenvalue weighted by Gasteiger charge is 2.17. The van der Waals surface area contributed by atoms with E-state index in [1.165, 1.54) is 0 Å². The average molecular weight is 364 g/mol. The first-order valence-corrected chi connectivity index (χ1v) is 9.21. The lowest BCUT2D eigenvalue weighted by Crippen LogP contribution is -2.40. The number of pyridine rings is 1. The lowest BCUT2D eigenvalue weighted by Gasteiger charge is -2.07. The second-order valence-electron chi connectivity index (χ2n) is 6.46. The molecule has 4 rings (SSSR count). The summed E-state index contributed by atoms with van der Waals surface area (Å²) < 4.78 is 9.13. The van der Waals surface area contributed by atoms with Gasteiger partial charge in [-0.3, -0.25) is 0 Å². The Hall–Kier alpha value is -2.99. The fraction of sp³-hybridized carbons (Fsp3) is 0.286. The Morgan fingerprint density at radius 3 is 2.89 bits per heavy atom. The standard InChI is InChI=1S/C21H22N3O3/c25-21-18(17-8-2-1-3-9-17)16-23(19-10-4-5-14-24(19)21)13-7-12-22-27-20-11-6-15-26-20/h1-5,8-10,12,14,16,20H,6-7,11,13,15H2/q+1/b22-12-. The molecule has 1 aliphatic rings. The monoisotopic (exact) mass is 364 g/mol. The van der Waals surface area contributed by atoms with E-state index in [2.05, 4.69) is 9.72 Å². The summed E-state index contributed by atoms with van der Waals surface area (Å²) in [5, 5.41) is 4.01. The Morgan fingerprint density at radius 2 is 2.07 bits per heavy atom. The Morgan fingerprint density at radius 1 is 1.22 bits per heavy atom. The topological polar surface area (TPSA) is 56.2 Å². The first kappa shape index (κ1) is 17.4. The van der Waals surface area contributed by atoms with E-state index in [0.717, 1.165) is 30.7 Å². The van der Waals surface area contributed by atoms with Crippen molar-refractivity contribution in [2.45, 2.75) is 32.1 Å². The zero-order chi connectivity index (χ0) is 18.5. The molecule has 1 saturated heterocycles. The minimum atomic E-state index is -0.213. The number of fused-ring (bicyclic) bond motifs is 1. The number of benzene rings is 1. The Balaban J connectivity index is 1.58. The van der Waals surface area contributed by atoms with Crippen LogP contribution in [0.15, 0.2) is 70.9 Å². The zero-order valence-corrected chi connectivity index (χ0v) is 15.0. The van der Waals surface area contributed by atoms with Crippen molar-refractivity contribution in [2.75, 3.05) is 6.61 Å². The van der Waals surface area contributed by atoms with E-state index < -0.39 is 0 Å². The minimum Gasteiger partial charge on any atom is -0.364 e. The van der Waals surface area contributed by atoms with E-state index in [1.807, 2.05) is 54.7 Å². The van der Waals surface area contributed by atoms with Gasteiger partial charge in [0.05, 0.1) is 19.3 Å². The molecular formula is C21H22N3O3+. The lowest BCUT2D eigenvalue weighted by molar-refractivity contribution is -0.672. The maximum absolute atomic E-state index is 12.9. The fourth-order valence-electron chi connectivity index (χ4n) is 3.23. The zero-order valence-electron chi connectivity index (χ0n) is 15.0. The fourth-order valence-corrected chi connectivity index (χ4v) is 3.23. The molecular weight excluding hydrogens is 342 g/mol. The molecule has 0 spiro atoms. The first-order chi connectivity index (χ1) is 13.3. The van der Waals surface area contributed by atoms with Gasteiger partial charge in [-0.2, -0.15) is 4.40 Å². The Kier molecular flexibility index (Phi) is 5.25. The molecule has 1 aromatic carbocycles. The smallest absolute Gasteiger partial charge is 0.350 e. The van der Waals surface area contributed by atoms with Crippen LogP contribution in [-0.2, 0) is 16.1 Å². The van der Waals surface area contributed by atoms with Crippen molar-refractivity contribution >= 4 is 11.9 Å². The molecule has 2 aromatic heterocycles. The highest BCUT2D eigenvalue weighted by molar-refractivity contribution is 5.61. The molecule has 3 heterocycles. The van der Waals surface area contributed by atoms with E-state index in [1.54, 1.807) is 16.8 Å². The second kappa shape index (κ2) is 8.14. The highest BCUT2D eigenvalue weighted by atomic mass is 16.8. The molecule has 138 valence electrons. The molecule has 6 nitrogen and oxygen atoms in total. The van der Waals surface area contributed by atoms with E-state index in [0.29, 0.717) is 18.5 Å². The molecule has 1 unspecified atom stereocenters. The summed E-state index contributed by atoms with van der Waals surface area (Å²) in [4.78, 5) is 18.2. The van der Waals surface area contributed by atoms with Crippen molar-refractivity contribution in [3.8, 4) is 11.1 Å². The number of nitrogens with zero attached hydrogens (tertiary/aromatic N) is 3. The molecule has 0 N–H and O–H groups in total. The molecule has 6 heteroatoms. The van der Waals surface area contributed by atoms with Gasteiger partial charge in [0.1, 0.15) is 11.8 Å². The number of oxime groups is 1. The molecule has 1 atom stereocenters. The van der Waals surface area contributed by atoms with Crippen molar-refractivity contribution in [2.24, 2.45) is 5.16 Å². The number of aromatic nitrogens is 2. The van der Waals surface area contributed by atoms with Gasteiger partial charge in [-0.15, -0.1) is 0 Å². The van der Waals surface area contributed by atoms with Gasteiger partial charge in [0, 0.05) is 25.1 Å². The van der Waals surface area contributed by atoms with Crippen molar-refractivity contribution in [1.82, 2.24) is 4.40 Å². The lowest BCUT2D eigenvalue weighted by atomic mass is 10.1. The van der Waals surface area contributed by atoms with Crippen LogP contribution in [0.25, 0.3) is 16.8 Å². The summed E-state index contributed by atoms with van der Waals surface area (Å²) in [7, 11) is 0. The maximum Gasteiger partial charge on any atom is 0.350 e. The number of hydrogen-bond donors (Lipinski definition) is 0. The van der Waals surface area contributed by atoms with Crippen molar-refractivity contribution in [3.05, 3.63) is 71.3 Å². The molecule has 0 bridgehead atoms. The summed E-state index contributed by atoms with van der Waals surface area (Å²) in [6.07, 6.45) is 7.85. The summed E-state index contributed by atoms with van der Waals surface area (Å²) in [5.41, 5.74) is 2.40. The van der Waals surface area contributed by atoms with Crippen molar-refractivity contribution in [1.29, 1.82) is 0 Å². The van der Waals surface area contributed by atoms with E-state index in [4.69, 9.17) is 9.57 Å².